The summed E-state index contributed by atoms with van der Waals surface area (Å²) in [5.41, 5.74) is 0.855. The molecule has 0 radical (unpaired) electrons. The molecule has 1 rings (SSSR count). The molecule has 1 aromatic heterocycles. The lowest BCUT2D eigenvalue weighted by molar-refractivity contribution is -0.141. The van der Waals surface area contributed by atoms with Crippen LogP contribution in [0, 0.1) is 5.92 Å². The van der Waals surface area contributed by atoms with Gasteiger partial charge < -0.3 is 5.11 Å². The fourth-order valence-electron chi connectivity index (χ4n) is 1.43. The average Bonchev–Trinajstić information content (AvgIpc) is 2.18. The largest absolute Gasteiger partial charge is 0.481 e. The molecule has 1 N–H and O–H groups in total. The Kier molecular flexibility index (Phi) is 4.11. The molecule has 14 heavy (non-hydrogen) atoms. The molecule has 1 atom stereocenters. The molecule has 0 saturated heterocycles. The molecule has 0 aliphatic rings. The Morgan fingerprint density at radius 3 is 2.86 bits per heavy atom. The molecule has 0 aliphatic heterocycles. The lowest BCUT2D eigenvalue weighted by atomic mass is 9.98. The maximum Gasteiger partial charge on any atom is 0.306 e. The number of rotatable bonds is 5. The Morgan fingerprint density at radius 1 is 1.57 bits per heavy atom. The van der Waals surface area contributed by atoms with Crippen LogP contribution in [0.5, 0.6) is 0 Å². The number of carboxylic acid groups (broad SMARTS) is 1. The van der Waals surface area contributed by atoms with Gasteiger partial charge in [-0.25, -0.2) is 0 Å². The molecule has 0 saturated carbocycles. The summed E-state index contributed by atoms with van der Waals surface area (Å²) in [6, 6.07) is 5.58. The van der Waals surface area contributed by atoms with Crippen LogP contribution in [0.2, 0.25) is 0 Å². The minimum absolute atomic E-state index is 0.296. The Bertz CT molecular complexity index is 285. The molecule has 0 fully saturated rings. The third kappa shape index (κ3) is 3.17. The van der Waals surface area contributed by atoms with Crippen molar-refractivity contribution in [1.29, 1.82) is 0 Å². The Labute approximate surface area is 83.8 Å². The van der Waals surface area contributed by atoms with Crippen LogP contribution in [0.1, 0.15) is 25.5 Å². The smallest absolute Gasteiger partial charge is 0.306 e. The van der Waals surface area contributed by atoms with E-state index in [0.717, 1.165) is 12.1 Å². The van der Waals surface area contributed by atoms with Gasteiger partial charge in [-0.3, -0.25) is 9.78 Å². The first-order valence-electron chi connectivity index (χ1n) is 4.86. The van der Waals surface area contributed by atoms with E-state index in [2.05, 4.69) is 4.98 Å². The highest BCUT2D eigenvalue weighted by Crippen LogP contribution is 2.12. The molecule has 0 amide bonds. The maximum atomic E-state index is 10.9. The summed E-state index contributed by atoms with van der Waals surface area (Å²) in [6.45, 7) is 1.99. The van der Waals surface area contributed by atoms with E-state index in [0.29, 0.717) is 12.8 Å². The molecular weight excluding hydrogens is 178 g/mol. The molecule has 0 spiro atoms. The van der Waals surface area contributed by atoms with Crippen molar-refractivity contribution < 1.29 is 9.90 Å². The first kappa shape index (κ1) is 10.7. The Morgan fingerprint density at radius 2 is 2.36 bits per heavy atom. The molecule has 76 valence electrons. The number of nitrogens with zero attached hydrogens (tertiary/aromatic N) is 1. The Hall–Kier alpha value is -1.38. The van der Waals surface area contributed by atoms with Gasteiger partial charge in [-0.2, -0.15) is 0 Å². The predicted molar refractivity (Wildman–Crippen MR) is 54.0 cm³/mol. The van der Waals surface area contributed by atoms with Crippen LogP contribution in [0.15, 0.2) is 24.4 Å². The van der Waals surface area contributed by atoms with E-state index in [1.54, 1.807) is 6.20 Å². The van der Waals surface area contributed by atoms with Crippen LogP contribution in [0.25, 0.3) is 0 Å². The van der Waals surface area contributed by atoms with Crippen molar-refractivity contribution in [3.63, 3.8) is 0 Å². The zero-order valence-electron chi connectivity index (χ0n) is 8.31. The van der Waals surface area contributed by atoms with Crippen LogP contribution in [-0.4, -0.2) is 16.1 Å². The first-order valence-corrected chi connectivity index (χ1v) is 4.86. The lowest BCUT2D eigenvalue weighted by Gasteiger charge is -2.09. The maximum absolute atomic E-state index is 10.9. The van der Waals surface area contributed by atoms with Gasteiger partial charge >= 0.3 is 5.97 Å². The van der Waals surface area contributed by atoms with Crippen molar-refractivity contribution in [1.82, 2.24) is 4.98 Å². The van der Waals surface area contributed by atoms with Gasteiger partial charge in [-0.05, 0) is 18.6 Å². The highest BCUT2D eigenvalue weighted by Gasteiger charge is 2.16. The zero-order chi connectivity index (χ0) is 10.4. The van der Waals surface area contributed by atoms with E-state index in [9.17, 15) is 4.79 Å². The summed E-state index contributed by atoms with van der Waals surface area (Å²) in [6.07, 6.45) is 3.83. The quantitative estimate of drug-likeness (QED) is 0.779. The van der Waals surface area contributed by atoms with Crippen molar-refractivity contribution in [2.45, 2.75) is 26.2 Å². The summed E-state index contributed by atoms with van der Waals surface area (Å²) in [5, 5.41) is 8.94. The number of pyridine rings is 1. The van der Waals surface area contributed by atoms with Gasteiger partial charge in [0.1, 0.15) is 0 Å². The van der Waals surface area contributed by atoms with Crippen LogP contribution in [0.4, 0.5) is 0 Å². The van der Waals surface area contributed by atoms with Gasteiger partial charge in [0.15, 0.2) is 0 Å². The van der Waals surface area contributed by atoms with Crippen LogP contribution in [0.3, 0.4) is 0 Å². The molecule has 0 aliphatic carbocycles. The van der Waals surface area contributed by atoms with E-state index >= 15 is 0 Å². The van der Waals surface area contributed by atoms with Gasteiger partial charge in [-0.1, -0.05) is 19.4 Å². The van der Waals surface area contributed by atoms with E-state index in [1.165, 1.54) is 0 Å². The summed E-state index contributed by atoms with van der Waals surface area (Å²) in [4.78, 5) is 15.0. The molecule has 1 unspecified atom stereocenters. The van der Waals surface area contributed by atoms with Crippen molar-refractivity contribution in [3.8, 4) is 0 Å². The number of hydrogen-bond donors (Lipinski definition) is 1. The number of aromatic nitrogens is 1. The molecule has 1 aromatic rings. The topological polar surface area (TPSA) is 50.2 Å². The van der Waals surface area contributed by atoms with Crippen molar-refractivity contribution >= 4 is 5.97 Å². The van der Waals surface area contributed by atoms with Crippen LogP contribution < -0.4 is 0 Å². The predicted octanol–water partition coefficient (Wildman–Crippen LogP) is 2.12. The Balaban J connectivity index is 2.60. The molecule has 1 heterocycles. The number of carboxylic acids is 1. The fourth-order valence-corrected chi connectivity index (χ4v) is 1.43. The van der Waals surface area contributed by atoms with Crippen LogP contribution >= 0.6 is 0 Å². The first-order chi connectivity index (χ1) is 6.74. The summed E-state index contributed by atoms with van der Waals surface area (Å²) in [7, 11) is 0. The lowest BCUT2D eigenvalue weighted by Crippen LogP contribution is -2.16. The van der Waals surface area contributed by atoms with Gasteiger partial charge in [-0.15, -0.1) is 0 Å². The highest BCUT2D eigenvalue weighted by atomic mass is 16.4. The minimum Gasteiger partial charge on any atom is -0.481 e. The second kappa shape index (κ2) is 5.37. The third-order valence-corrected chi connectivity index (χ3v) is 2.17. The standard InChI is InChI=1S/C11H15NO2/c1-2-5-9(11(13)14)8-10-6-3-4-7-12-10/h3-4,6-7,9H,2,5,8H2,1H3,(H,13,14). The molecule has 0 aromatic carbocycles. The van der Waals surface area contributed by atoms with Crippen LogP contribution in [-0.2, 0) is 11.2 Å². The summed E-state index contributed by atoms with van der Waals surface area (Å²) >= 11 is 0. The minimum atomic E-state index is -0.725. The van der Waals surface area contributed by atoms with E-state index in [1.807, 2.05) is 25.1 Å². The van der Waals surface area contributed by atoms with Crippen molar-refractivity contribution in [3.05, 3.63) is 30.1 Å². The summed E-state index contributed by atoms with van der Waals surface area (Å²) in [5.74, 6) is -1.02. The number of aliphatic carboxylic acids is 1. The number of hydrogen-bond acceptors (Lipinski definition) is 2. The van der Waals surface area contributed by atoms with Gasteiger partial charge in [0.25, 0.3) is 0 Å². The SMILES string of the molecule is CCCC(Cc1ccccn1)C(=O)O. The third-order valence-electron chi connectivity index (χ3n) is 2.17. The normalized spacial score (nSPS) is 12.4. The average molecular weight is 193 g/mol. The number of carbonyl (C=O) groups is 1. The summed E-state index contributed by atoms with van der Waals surface area (Å²) < 4.78 is 0. The second-order valence-electron chi connectivity index (χ2n) is 3.35. The zero-order valence-corrected chi connectivity index (χ0v) is 8.31. The van der Waals surface area contributed by atoms with E-state index < -0.39 is 5.97 Å². The fraction of sp³-hybridized carbons (Fsp3) is 0.455. The van der Waals surface area contributed by atoms with E-state index in [-0.39, 0.29) is 5.92 Å². The molecular formula is C11H15NO2. The highest BCUT2D eigenvalue weighted by molar-refractivity contribution is 5.70. The molecule has 3 heteroatoms. The van der Waals surface area contributed by atoms with Crippen molar-refractivity contribution in [2.24, 2.45) is 5.92 Å². The monoisotopic (exact) mass is 193 g/mol. The molecule has 0 bridgehead atoms. The van der Waals surface area contributed by atoms with Gasteiger partial charge in [0, 0.05) is 18.3 Å². The second-order valence-corrected chi connectivity index (χ2v) is 3.35. The molecule has 3 nitrogen and oxygen atoms in total. The van der Waals surface area contributed by atoms with Crippen molar-refractivity contribution in [2.75, 3.05) is 0 Å². The van der Waals surface area contributed by atoms with E-state index in [4.69, 9.17) is 5.11 Å². The van der Waals surface area contributed by atoms with Gasteiger partial charge in [0.2, 0.25) is 0 Å². The van der Waals surface area contributed by atoms with Gasteiger partial charge in [0.05, 0.1) is 5.92 Å².